The molecule has 1 aromatic rings. The molecular weight excluding hydrogens is 353 g/mol. The second-order valence-corrected chi connectivity index (χ2v) is 5.05. The highest BCUT2D eigenvalue weighted by atomic mass is 35.5. The summed E-state index contributed by atoms with van der Waals surface area (Å²) in [7, 11) is 1.48. The third-order valence-electron chi connectivity index (χ3n) is 3.23. The average molecular weight is 380 g/mol. The van der Waals surface area contributed by atoms with E-state index in [0.717, 1.165) is 24.8 Å². The molecule has 0 spiro atoms. The third kappa shape index (κ3) is 9.62. The summed E-state index contributed by atoms with van der Waals surface area (Å²) < 4.78 is 5.01. The van der Waals surface area contributed by atoms with Crippen LogP contribution in [0.2, 0.25) is 0 Å². The number of carbonyl (C=O) groups is 1. The highest BCUT2D eigenvalue weighted by molar-refractivity contribution is 5.91. The minimum atomic E-state index is -0.157. The summed E-state index contributed by atoms with van der Waals surface area (Å²) in [5, 5.41) is 12.3. The van der Waals surface area contributed by atoms with Crippen molar-refractivity contribution in [2.75, 3.05) is 20.2 Å². The third-order valence-corrected chi connectivity index (χ3v) is 3.23. The number of nitrogens with one attached hydrogen (secondary N) is 1. The zero-order valence-electron chi connectivity index (χ0n) is 13.7. The fourth-order valence-corrected chi connectivity index (χ4v) is 1.89. The largest absolute Gasteiger partial charge is 0.504 e. The number of rotatable bonds is 9. The van der Waals surface area contributed by atoms with Crippen LogP contribution in [-0.2, 0) is 4.79 Å². The number of methoxy groups -OCH3 is 1. The molecule has 0 bridgehead atoms. The molecule has 1 unspecified atom stereocenters. The lowest BCUT2D eigenvalue weighted by Gasteiger charge is -2.07. The minimum Gasteiger partial charge on any atom is -0.504 e. The maximum atomic E-state index is 11.7. The van der Waals surface area contributed by atoms with E-state index in [2.05, 4.69) is 5.32 Å². The van der Waals surface area contributed by atoms with Crippen LogP contribution in [0.3, 0.4) is 0 Å². The monoisotopic (exact) mass is 379 g/mol. The molecule has 24 heavy (non-hydrogen) atoms. The second kappa shape index (κ2) is 13.9. The molecule has 8 heteroatoms. The topological polar surface area (TPSA) is 111 Å². The fourth-order valence-electron chi connectivity index (χ4n) is 1.89. The molecule has 0 aromatic heterocycles. The number of amides is 1. The standard InChI is InChI=1S/C16H25N3O3.2ClH/c1-22-15-10-12(5-7-14(15)20)6-8-16(21)19-9-3-2-4-13(18)11-17;;/h5-8,10,13,20H,2-4,9,11,17-18H2,1H3,(H,19,21);2*1H/b8-6+;;. The van der Waals surface area contributed by atoms with Gasteiger partial charge in [-0.1, -0.05) is 12.5 Å². The Bertz CT molecular complexity index is 513. The Morgan fingerprint density at radius 1 is 1.38 bits per heavy atom. The van der Waals surface area contributed by atoms with Crippen LogP contribution in [0.4, 0.5) is 0 Å². The van der Waals surface area contributed by atoms with Gasteiger partial charge < -0.3 is 26.6 Å². The van der Waals surface area contributed by atoms with Gasteiger partial charge in [0, 0.05) is 25.2 Å². The zero-order valence-corrected chi connectivity index (χ0v) is 15.4. The van der Waals surface area contributed by atoms with Crippen molar-refractivity contribution in [2.45, 2.75) is 25.3 Å². The number of benzene rings is 1. The quantitative estimate of drug-likeness (QED) is 0.386. The van der Waals surface area contributed by atoms with Crippen molar-refractivity contribution in [1.82, 2.24) is 5.32 Å². The Hall–Kier alpha value is -1.47. The van der Waals surface area contributed by atoms with Crippen LogP contribution in [-0.4, -0.2) is 37.3 Å². The molecule has 6 N–H and O–H groups in total. The van der Waals surface area contributed by atoms with Gasteiger partial charge in [-0.2, -0.15) is 0 Å². The second-order valence-electron chi connectivity index (χ2n) is 5.05. The van der Waals surface area contributed by atoms with E-state index >= 15 is 0 Å². The van der Waals surface area contributed by atoms with Crippen LogP contribution >= 0.6 is 24.8 Å². The first-order chi connectivity index (χ1) is 10.6. The van der Waals surface area contributed by atoms with E-state index in [1.807, 2.05) is 0 Å². The molecule has 138 valence electrons. The number of hydrogen-bond donors (Lipinski definition) is 4. The number of unbranched alkanes of at least 4 members (excludes halogenated alkanes) is 1. The van der Waals surface area contributed by atoms with Crippen molar-refractivity contribution in [3.8, 4) is 11.5 Å². The van der Waals surface area contributed by atoms with Crippen LogP contribution in [0, 0.1) is 0 Å². The van der Waals surface area contributed by atoms with E-state index in [4.69, 9.17) is 16.2 Å². The summed E-state index contributed by atoms with van der Waals surface area (Å²) in [5.74, 6) is 0.286. The van der Waals surface area contributed by atoms with Gasteiger partial charge in [-0.15, -0.1) is 24.8 Å². The van der Waals surface area contributed by atoms with E-state index in [9.17, 15) is 9.90 Å². The molecule has 0 aliphatic rings. The van der Waals surface area contributed by atoms with Crippen LogP contribution in [0.25, 0.3) is 6.08 Å². The van der Waals surface area contributed by atoms with Crippen molar-refractivity contribution >= 4 is 36.8 Å². The van der Waals surface area contributed by atoms with E-state index in [1.54, 1.807) is 18.2 Å². The SMILES string of the molecule is COc1cc(/C=C/C(=O)NCCCCC(N)CN)ccc1O.Cl.Cl. The zero-order chi connectivity index (χ0) is 16.4. The van der Waals surface area contributed by atoms with Crippen LogP contribution < -0.4 is 21.5 Å². The molecule has 1 amide bonds. The Morgan fingerprint density at radius 3 is 2.71 bits per heavy atom. The van der Waals surface area contributed by atoms with Gasteiger partial charge in [0.05, 0.1) is 7.11 Å². The molecule has 0 fully saturated rings. The molecule has 0 radical (unpaired) electrons. The van der Waals surface area contributed by atoms with Crippen LogP contribution in [0.1, 0.15) is 24.8 Å². The van der Waals surface area contributed by atoms with E-state index < -0.39 is 0 Å². The van der Waals surface area contributed by atoms with Gasteiger partial charge >= 0.3 is 0 Å². The van der Waals surface area contributed by atoms with Gasteiger partial charge in [0.1, 0.15) is 0 Å². The number of halogens is 2. The first-order valence-corrected chi connectivity index (χ1v) is 7.35. The van der Waals surface area contributed by atoms with Gasteiger partial charge in [0.25, 0.3) is 0 Å². The van der Waals surface area contributed by atoms with Gasteiger partial charge in [0.2, 0.25) is 5.91 Å². The van der Waals surface area contributed by atoms with Crippen LogP contribution in [0.15, 0.2) is 24.3 Å². The molecule has 0 heterocycles. The lowest BCUT2D eigenvalue weighted by atomic mass is 10.1. The number of carbonyl (C=O) groups excluding carboxylic acids is 1. The Kier molecular flexibility index (Phi) is 14.4. The van der Waals surface area contributed by atoms with E-state index in [1.165, 1.54) is 19.3 Å². The van der Waals surface area contributed by atoms with Crippen LogP contribution in [0.5, 0.6) is 11.5 Å². The summed E-state index contributed by atoms with van der Waals surface area (Å²) in [6.45, 7) is 1.10. The maximum Gasteiger partial charge on any atom is 0.243 e. The summed E-state index contributed by atoms with van der Waals surface area (Å²) >= 11 is 0. The number of hydrogen-bond acceptors (Lipinski definition) is 5. The summed E-state index contributed by atoms with van der Waals surface area (Å²) in [6.07, 6.45) is 5.81. The first kappa shape index (κ1) is 24.8. The van der Waals surface area contributed by atoms with Gasteiger partial charge in [0.15, 0.2) is 11.5 Å². The van der Waals surface area contributed by atoms with Crippen molar-refractivity contribution in [3.05, 3.63) is 29.8 Å². The fraction of sp³-hybridized carbons (Fsp3) is 0.438. The Balaban J connectivity index is 0. The molecule has 0 saturated heterocycles. The molecule has 0 saturated carbocycles. The van der Waals surface area contributed by atoms with Gasteiger partial charge in [-0.3, -0.25) is 4.79 Å². The Labute approximate surface area is 155 Å². The molecule has 1 rings (SSSR count). The van der Waals surface area contributed by atoms with Crippen molar-refractivity contribution < 1.29 is 14.6 Å². The normalized spacial score (nSPS) is 11.3. The van der Waals surface area contributed by atoms with Gasteiger partial charge in [-0.05, 0) is 36.6 Å². The number of phenolic OH excluding ortho intramolecular Hbond substituents is 1. The van der Waals surface area contributed by atoms with E-state index in [-0.39, 0.29) is 42.5 Å². The number of nitrogens with two attached hydrogens (primary N) is 2. The molecule has 0 aliphatic carbocycles. The predicted octanol–water partition coefficient (Wildman–Crippen LogP) is 1.83. The minimum absolute atomic E-state index is 0. The highest BCUT2D eigenvalue weighted by Crippen LogP contribution is 2.26. The number of phenols is 1. The molecular formula is C16H27Cl2N3O3. The lowest BCUT2D eigenvalue weighted by Crippen LogP contribution is -2.29. The Morgan fingerprint density at radius 2 is 2.08 bits per heavy atom. The first-order valence-electron chi connectivity index (χ1n) is 7.35. The van der Waals surface area contributed by atoms with Crippen molar-refractivity contribution in [3.63, 3.8) is 0 Å². The maximum absolute atomic E-state index is 11.7. The molecule has 1 atom stereocenters. The number of ether oxygens (including phenoxy) is 1. The van der Waals surface area contributed by atoms with Gasteiger partial charge in [-0.25, -0.2) is 0 Å². The highest BCUT2D eigenvalue weighted by Gasteiger charge is 2.02. The average Bonchev–Trinajstić information content (AvgIpc) is 2.53. The summed E-state index contributed by atoms with van der Waals surface area (Å²) in [4.78, 5) is 11.7. The molecule has 0 aliphatic heterocycles. The smallest absolute Gasteiger partial charge is 0.243 e. The van der Waals surface area contributed by atoms with Crippen molar-refractivity contribution in [2.24, 2.45) is 11.5 Å². The summed E-state index contributed by atoms with van der Waals surface area (Å²) in [6, 6.07) is 4.93. The predicted molar refractivity (Wildman–Crippen MR) is 102 cm³/mol. The lowest BCUT2D eigenvalue weighted by molar-refractivity contribution is -0.116. The number of aromatic hydroxyl groups is 1. The van der Waals surface area contributed by atoms with E-state index in [0.29, 0.717) is 18.8 Å². The summed E-state index contributed by atoms with van der Waals surface area (Å²) in [5.41, 5.74) is 11.9. The van der Waals surface area contributed by atoms with Crippen molar-refractivity contribution in [1.29, 1.82) is 0 Å². The molecule has 6 nitrogen and oxygen atoms in total. The molecule has 1 aromatic carbocycles.